The molecule has 0 aliphatic carbocycles. The number of benzene rings is 3. The van der Waals surface area contributed by atoms with Crippen molar-refractivity contribution in [1.82, 2.24) is 0 Å². The third-order valence-corrected chi connectivity index (χ3v) is 6.61. The number of hydrogen-bond donors (Lipinski definition) is 2. The number of anilines is 2. The summed E-state index contributed by atoms with van der Waals surface area (Å²) in [6.45, 7) is 1.07. The molecule has 0 aromatic heterocycles. The lowest BCUT2D eigenvalue weighted by molar-refractivity contribution is -0.125. The maximum atomic E-state index is 12.8. The minimum Gasteiger partial charge on any atom is -0.490 e. The maximum Gasteiger partial charge on any atom is 0.269 e. The van der Waals surface area contributed by atoms with Crippen molar-refractivity contribution in [2.24, 2.45) is 0 Å². The average Bonchev–Trinajstić information content (AvgIpc) is 3.10. The number of nitrogens with one attached hydrogen (secondary N) is 2. The molecule has 0 spiro atoms. The summed E-state index contributed by atoms with van der Waals surface area (Å²) in [4.78, 5) is 12.6. The molecular formula is C24H22N2O7S. The number of para-hydroxylation sites is 2. The van der Waals surface area contributed by atoms with E-state index in [4.69, 9.17) is 18.9 Å². The highest BCUT2D eigenvalue weighted by atomic mass is 32.2. The van der Waals surface area contributed by atoms with Crippen LogP contribution in [0.3, 0.4) is 0 Å². The van der Waals surface area contributed by atoms with E-state index in [1.165, 1.54) is 12.1 Å². The maximum absolute atomic E-state index is 12.8. The molecule has 1 atom stereocenters. The Morgan fingerprint density at radius 1 is 0.794 bits per heavy atom. The van der Waals surface area contributed by atoms with E-state index in [9.17, 15) is 13.2 Å². The Balaban J connectivity index is 1.23. The second-order valence-electron chi connectivity index (χ2n) is 7.70. The van der Waals surface area contributed by atoms with Crippen molar-refractivity contribution in [3.8, 4) is 23.0 Å². The Morgan fingerprint density at radius 2 is 1.47 bits per heavy atom. The molecule has 0 radical (unpaired) electrons. The van der Waals surface area contributed by atoms with Crippen LogP contribution in [-0.4, -0.2) is 40.2 Å². The van der Waals surface area contributed by atoms with E-state index in [0.717, 1.165) is 6.42 Å². The van der Waals surface area contributed by atoms with Crippen molar-refractivity contribution < 1.29 is 32.2 Å². The molecule has 2 aliphatic heterocycles. The molecule has 0 saturated carbocycles. The van der Waals surface area contributed by atoms with Gasteiger partial charge in [-0.25, -0.2) is 8.42 Å². The number of fused-ring (bicyclic) bond motifs is 2. The number of carbonyl (C=O) groups is 1. The van der Waals surface area contributed by atoms with Crippen LogP contribution in [0, 0.1) is 0 Å². The van der Waals surface area contributed by atoms with Crippen LogP contribution in [-0.2, 0) is 14.8 Å². The van der Waals surface area contributed by atoms with Gasteiger partial charge >= 0.3 is 0 Å². The van der Waals surface area contributed by atoms with E-state index in [0.29, 0.717) is 47.6 Å². The Hall–Kier alpha value is -3.92. The second-order valence-corrected chi connectivity index (χ2v) is 9.38. The molecule has 3 aromatic rings. The van der Waals surface area contributed by atoms with Gasteiger partial charge in [-0.05, 0) is 48.5 Å². The topological polar surface area (TPSA) is 112 Å². The summed E-state index contributed by atoms with van der Waals surface area (Å²) in [5.41, 5.74) is 0.835. The van der Waals surface area contributed by atoms with Gasteiger partial charge in [0.15, 0.2) is 23.0 Å². The van der Waals surface area contributed by atoms with Crippen molar-refractivity contribution in [3.05, 3.63) is 66.7 Å². The van der Waals surface area contributed by atoms with Crippen LogP contribution < -0.4 is 29.0 Å². The highest BCUT2D eigenvalue weighted by molar-refractivity contribution is 7.92. The van der Waals surface area contributed by atoms with E-state index >= 15 is 0 Å². The molecule has 9 nitrogen and oxygen atoms in total. The first kappa shape index (κ1) is 21.9. The number of hydrogen-bond acceptors (Lipinski definition) is 7. The van der Waals surface area contributed by atoms with Crippen molar-refractivity contribution in [1.29, 1.82) is 0 Å². The fraction of sp³-hybridized carbons (Fsp3) is 0.208. The second kappa shape index (κ2) is 9.14. The molecule has 0 bridgehead atoms. The monoisotopic (exact) mass is 482 g/mol. The molecule has 0 unspecified atom stereocenters. The first-order chi connectivity index (χ1) is 16.5. The zero-order valence-electron chi connectivity index (χ0n) is 18.0. The number of ether oxygens (including phenoxy) is 4. The van der Waals surface area contributed by atoms with Gasteiger partial charge < -0.3 is 24.3 Å². The molecule has 0 fully saturated rings. The van der Waals surface area contributed by atoms with Crippen molar-refractivity contribution in [3.63, 3.8) is 0 Å². The lowest BCUT2D eigenvalue weighted by Gasteiger charge is -2.25. The number of sulfonamides is 1. The first-order valence-corrected chi connectivity index (χ1v) is 12.2. The van der Waals surface area contributed by atoms with Crippen molar-refractivity contribution >= 4 is 27.3 Å². The molecule has 176 valence electrons. The summed E-state index contributed by atoms with van der Waals surface area (Å²) in [6, 6.07) is 18.0. The molecule has 2 N–H and O–H groups in total. The molecule has 5 rings (SSSR count). The molecule has 1 amide bonds. The highest BCUT2D eigenvalue weighted by Gasteiger charge is 2.27. The van der Waals surface area contributed by atoms with Crippen LogP contribution in [0.1, 0.15) is 6.42 Å². The molecule has 2 heterocycles. The Labute approximate surface area is 196 Å². The van der Waals surface area contributed by atoms with E-state index in [1.54, 1.807) is 48.5 Å². The van der Waals surface area contributed by atoms with Gasteiger partial charge in [-0.3, -0.25) is 9.52 Å². The van der Waals surface area contributed by atoms with E-state index in [-0.39, 0.29) is 17.4 Å². The van der Waals surface area contributed by atoms with Crippen molar-refractivity contribution in [2.75, 3.05) is 29.9 Å². The normalized spacial score (nSPS) is 16.8. The number of amides is 1. The molecule has 3 aromatic carbocycles. The van der Waals surface area contributed by atoms with Gasteiger partial charge in [-0.15, -0.1) is 0 Å². The quantitative estimate of drug-likeness (QED) is 0.573. The standard InChI is InChI=1S/C24H22N2O7S/c27-24(23-15-32-19-4-1-2-5-21(19)33-23)25-16-6-8-17(9-7-16)26-34(28,29)18-10-11-20-22(14-18)31-13-3-12-30-20/h1-2,4-11,14,23,26H,3,12-13,15H2,(H,25,27)/t23-/m0/s1. The zero-order chi connectivity index (χ0) is 23.5. The number of carbonyl (C=O) groups excluding carboxylic acids is 1. The Kier molecular flexibility index (Phi) is 5.89. The van der Waals surface area contributed by atoms with E-state index in [1.807, 2.05) is 6.07 Å². The van der Waals surface area contributed by atoms with Gasteiger partial charge in [0.1, 0.15) is 6.61 Å². The SMILES string of the molecule is O=C(Nc1ccc(NS(=O)(=O)c2ccc3c(c2)OCCCO3)cc1)[C@@H]1COc2ccccc2O1. The highest BCUT2D eigenvalue weighted by Crippen LogP contribution is 2.33. The largest absolute Gasteiger partial charge is 0.490 e. The van der Waals surface area contributed by atoms with Crippen LogP contribution in [0.2, 0.25) is 0 Å². The fourth-order valence-electron chi connectivity index (χ4n) is 3.52. The zero-order valence-corrected chi connectivity index (χ0v) is 18.8. The molecular weight excluding hydrogens is 460 g/mol. The van der Waals surface area contributed by atoms with Gasteiger partial charge in [0.2, 0.25) is 6.10 Å². The molecule has 34 heavy (non-hydrogen) atoms. The summed E-state index contributed by atoms with van der Waals surface area (Å²) < 4.78 is 50.6. The van der Waals surface area contributed by atoms with E-state index < -0.39 is 16.1 Å². The van der Waals surface area contributed by atoms with Gasteiger partial charge in [-0.2, -0.15) is 0 Å². The third-order valence-electron chi connectivity index (χ3n) is 5.23. The van der Waals surface area contributed by atoms with Crippen LogP contribution in [0.25, 0.3) is 0 Å². The summed E-state index contributed by atoms with van der Waals surface area (Å²) >= 11 is 0. The summed E-state index contributed by atoms with van der Waals surface area (Å²) in [6.07, 6.45) is -0.0714. The van der Waals surface area contributed by atoms with Crippen LogP contribution >= 0.6 is 0 Å². The summed E-state index contributed by atoms with van der Waals surface area (Å²) in [5, 5.41) is 2.75. The summed E-state index contributed by atoms with van der Waals surface area (Å²) in [5.74, 6) is 1.66. The van der Waals surface area contributed by atoms with Crippen molar-refractivity contribution in [2.45, 2.75) is 17.4 Å². The smallest absolute Gasteiger partial charge is 0.269 e. The Bertz CT molecular complexity index is 1310. The minimum atomic E-state index is -3.85. The summed E-state index contributed by atoms with van der Waals surface area (Å²) in [7, 11) is -3.85. The predicted octanol–water partition coefficient (Wildman–Crippen LogP) is 3.43. The Morgan fingerprint density at radius 3 is 2.26 bits per heavy atom. The number of rotatable bonds is 5. The van der Waals surface area contributed by atoms with E-state index in [2.05, 4.69) is 10.0 Å². The minimum absolute atomic E-state index is 0.0591. The van der Waals surface area contributed by atoms with Gasteiger partial charge in [0.05, 0.1) is 18.1 Å². The third kappa shape index (κ3) is 4.72. The molecule has 0 saturated heterocycles. The van der Waals surface area contributed by atoms with Gasteiger partial charge in [0, 0.05) is 23.9 Å². The van der Waals surface area contributed by atoms with Crippen LogP contribution in [0.4, 0.5) is 11.4 Å². The lowest BCUT2D eigenvalue weighted by atomic mass is 10.2. The predicted molar refractivity (Wildman–Crippen MR) is 124 cm³/mol. The lowest BCUT2D eigenvalue weighted by Crippen LogP contribution is -2.40. The van der Waals surface area contributed by atoms with Crippen LogP contribution in [0.15, 0.2) is 71.6 Å². The molecule has 2 aliphatic rings. The first-order valence-electron chi connectivity index (χ1n) is 10.7. The molecule has 10 heteroatoms. The van der Waals surface area contributed by atoms with Crippen LogP contribution in [0.5, 0.6) is 23.0 Å². The average molecular weight is 483 g/mol. The van der Waals surface area contributed by atoms with Gasteiger partial charge in [0.25, 0.3) is 15.9 Å². The fourth-order valence-corrected chi connectivity index (χ4v) is 4.59. The van der Waals surface area contributed by atoms with Gasteiger partial charge in [-0.1, -0.05) is 12.1 Å².